The number of methoxy groups -OCH3 is 1. The van der Waals surface area contributed by atoms with E-state index in [-0.39, 0.29) is 26.1 Å². The number of nitrogens with zero attached hydrogens (tertiary/aromatic N) is 3. The molecule has 0 aliphatic heterocycles. The highest BCUT2D eigenvalue weighted by atomic mass is 16.5. The first-order chi connectivity index (χ1) is 13.0. The summed E-state index contributed by atoms with van der Waals surface area (Å²) in [6.45, 7) is -0.254. The van der Waals surface area contributed by atoms with Gasteiger partial charge in [0.25, 0.3) is 0 Å². The van der Waals surface area contributed by atoms with Crippen LogP contribution in [-0.4, -0.2) is 69.0 Å². The molecule has 0 bridgehead atoms. The Bertz CT molecular complexity index is 750. The zero-order valence-electron chi connectivity index (χ0n) is 14.8. The molecule has 0 aliphatic rings. The molecule has 1 atom stereocenters. The normalized spacial score (nSPS) is 11.8. The first-order valence-corrected chi connectivity index (χ1v) is 8.15. The molecule has 10 heteroatoms. The van der Waals surface area contributed by atoms with Crippen LogP contribution in [0.5, 0.6) is 0 Å². The number of hydrogen-bond donors (Lipinski definition) is 3. The molecule has 1 amide bonds. The molecule has 0 unspecified atom stereocenters. The number of pyridine rings is 1. The Morgan fingerprint density at radius 3 is 2.59 bits per heavy atom. The summed E-state index contributed by atoms with van der Waals surface area (Å²) in [5.41, 5.74) is 1.48. The van der Waals surface area contributed by atoms with E-state index in [1.807, 2.05) is 0 Å². The van der Waals surface area contributed by atoms with Gasteiger partial charge < -0.3 is 20.1 Å². The van der Waals surface area contributed by atoms with Crippen molar-refractivity contribution in [1.82, 2.24) is 25.2 Å². The summed E-state index contributed by atoms with van der Waals surface area (Å²) in [6.07, 6.45) is 6.37. The topological polar surface area (TPSA) is 138 Å². The number of nitrogens with one attached hydrogen (secondary N) is 2. The minimum Gasteiger partial charge on any atom is -0.480 e. The molecule has 0 fully saturated rings. The average molecular weight is 375 g/mol. The van der Waals surface area contributed by atoms with Crippen LogP contribution in [0.15, 0.2) is 37.1 Å². The fraction of sp³-hybridized carbons (Fsp3) is 0.353. The first-order valence-electron chi connectivity index (χ1n) is 8.15. The molecule has 10 nitrogen and oxygen atoms in total. The van der Waals surface area contributed by atoms with E-state index in [4.69, 9.17) is 9.84 Å². The average Bonchev–Trinajstić information content (AvgIpc) is 3.13. The van der Waals surface area contributed by atoms with Crippen molar-refractivity contribution in [2.24, 2.45) is 0 Å². The van der Waals surface area contributed by atoms with Gasteiger partial charge in [0, 0.05) is 37.3 Å². The van der Waals surface area contributed by atoms with Crippen molar-refractivity contribution in [2.75, 3.05) is 20.2 Å². The smallest absolute Gasteiger partial charge is 0.328 e. The number of carbonyl (C=O) groups excluding carboxylic acids is 2. The maximum absolute atomic E-state index is 12.4. The van der Waals surface area contributed by atoms with Crippen LogP contribution >= 0.6 is 0 Å². The highest BCUT2D eigenvalue weighted by molar-refractivity contribution is 5.86. The van der Waals surface area contributed by atoms with Crippen molar-refractivity contribution in [3.05, 3.63) is 48.3 Å². The third-order valence-corrected chi connectivity index (χ3v) is 3.68. The Hall–Kier alpha value is -3.27. The Labute approximate surface area is 155 Å². The number of ether oxygens (including phenoxy) is 1. The van der Waals surface area contributed by atoms with E-state index in [1.165, 1.54) is 18.3 Å². The van der Waals surface area contributed by atoms with E-state index < -0.39 is 23.9 Å². The monoisotopic (exact) mass is 375 g/mol. The molecule has 144 valence electrons. The van der Waals surface area contributed by atoms with Crippen LogP contribution in [0, 0.1) is 0 Å². The van der Waals surface area contributed by atoms with Crippen molar-refractivity contribution in [3.63, 3.8) is 0 Å². The number of carbonyl (C=O) groups is 3. The zero-order valence-corrected chi connectivity index (χ0v) is 14.8. The van der Waals surface area contributed by atoms with Crippen molar-refractivity contribution in [1.29, 1.82) is 0 Å². The van der Waals surface area contributed by atoms with E-state index in [2.05, 4.69) is 20.3 Å². The number of esters is 1. The molecule has 0 aliphatic carbocycles. The second-order valence-electron chi connectivity index (χ2n) is 5.82. The van der Waals surface area contributed by atoms with E-state index in [0.717, 1.165) is 5.56 Å². The lowest BCUT2D eigenvalue weighted by Gasteiger charge is -2.22. The lowest BCUT2D eigenvalue weighted by atomic mass is 10.1. The molecule has 0 spiro atoms. The quantitative estimate of drug-likeness (QED) is 0.477. The summed E-state index contributed by atoms with van der Waals surface area (Å²) >= 11 is 0. The largest absolute Gasteiger partial charge is 0.480 e. The van der Waals surface area contributed by atoms with E-state index >= 15 is 0 Å². The van der Waals surface area contributed by atoms with E-state index in [1.54, 1.807) is 30.7 Å². The standard InChI is InChI=1S/C17H21N5O5/c1-27-17(26)14(6-13-7-19-11-20-13)21-15(23)9-22(10-16(24)25)8-12-2-4-18-5-3-12/h2-5,7,11,14H,6,8-10H2,1H3,(H,19,20)(H,21,23)(H,24,25)/t14-/m0/s1. The van der Waals surface area contributed by atoms with Gasteiger partial charge in [-0.1, -0.05) is 0 Å². The molecule has 2 aromatic rings. The summed E-state index contributed by atoms with van der Waals surface area (Å²) < 4.78 is 4.72. The van der Waals surface area contributed by atoms with Gasteiger partial charge in [0.15, 0.2) is 0 Å². The van der Waals surface area contributed by atoms with Crippen molar-refractivity contribution in [3.8, 4) is 0 Å². The third kappa shape index (κ3) is 6.86. The number of imidazole rings is 1. The highest BCUT2D eigenvalue weighted by Gasteiger charge is 2.24. The number of carboxylic acid groups (broad SMARTS) is 1. The van der Waals surface area contributed by atoms with E-state index in [0.29, 0.717) is 5.69 Å². The van der Waals surface area contributed by atoms with Crippen LogP contribution < -0.4 is 5.32 Å². The van der Waals surface area contributed by atoms with Gasteiger partial charge in [0.1, 0.15) is 6.04 Å². The Kier molecular flexibility index (Phi) is 7.44. The van der Waals surface area contributed by atoms with Crippen molar-refractivity contribution < 1.29 is 24.2 Å². The molecule has 2 rings (SSSR count). The Morgan fingerprint density at radius 2 is 2.00 bits per heavy atom. The Morgan fingerprint density at radius 1 is 1.26 bits per heavy atom. The van der Waals surface area contributed by atoms with Gasteiger partial charge in [0.05, 0.1) is 26.5 Å². The second kappa shape index (κ2) is 10.0. The van der Waals surface area contributed by atoms with Gasteiger partial charge in [-0.15, -0.1) is 0 Å². The van der Waals surface area contributed by atoms with Crippen molar-refractivity contribution >= 4 is 17.8 Å². The SMILES string of the molecule is COC(=O)[C@H](Cc1cnc[nH]1)NC(=O)CN(CC(=O)O)Cc1ccncc1. The summed E-state index contributed by atoms with van der Waals surface area (Å²) in [5, 5.41) is 11.7. The molecule has 2 aromatic heterocycles. The summed E-state index contributed by atoms with van der Waals surface area (Å²) in [6, 6.07) is 2.57. The number of aliphatic carboxylic acids is 1. The van der Waals surface area contributed by atoms with Crippen LogP contribution in [-0.2, 0) is 32.1 Å². The number of carboxylic acids is 1. The summed E-state index contributed by atoms with van der Waals surface area (Å²) in [7, 11) is 1.23. The van der Waals surface area contributed by atoms with Gasteiger partial charge in [-0.05, 0) is 17.7 Å². The van der Waals surface area contributed by atoms with Crippen molar-refractivity contribution in [2.45, 2.75) is 19.0 Å². The third-order valence-electron chi connectivity index (χ3n) is 3.68. The minimum absolute atomic E-state index is 0.182. The number of hydrogen-bond acceptors (Lipinski definition) is 7. The zero-order chi connectivity index (χ0) is 19.6. The lowest BCUT2D eigenvalue weighted by Crippen LogP contribution is -2.47. The number of rotatable bonds is 10. The molecule has 0 saturated carbocycles. The van der Waals surface area contributed by atoms with Gasteiger partial charge >= 0.3 is 11.9 Å². The highest BCUT2D eigenvalue weighted by Crippen LogP contribution is 2.04. The predicted molar refractivity (Wildman–Crippen MR) is 93.4 cm³/mol. The number of aromatic nitrogens is 3. The Balaban J connectivity index is 2.00. The van der Waals surface area contributed by atoms with Gasteiger partial charge in [-0.2, -0.15) is 0 Å². The molecule has 0 saturated heterocycles. The maximum atomic E-state index is 12.4. The summed E-state index contributed by atoms with van der Waals surface area (Å²) in [4.78, 5) is 47.5. The molecular weight excluding hydrogens is 354 g/mol. The first kappa shape index (κ1) is 20.0. The molecular formula is C17H21N5O5. The van der Waals surface area contributed by atoms with Crippen LogP contribution in [0.3, 0.4) is 0 Å². The summed E-state index contributed by atoms with van der Waals surface area (Å²) in [5.74, 6) is -2.14. The molecule has 27 heavy (non-hydrogen) atoms. The van der Waals surface area contributed by atoms with Crippen LogP contribution in [0.25, 0.3) is 0 Å². The number of aromatic amines is 1. The molecule has 2 heterocycles. The molecule has 3 N–H and O–H groups in total. The number of amides is 1. The van der Waals surface area contributed by atoms with Crippen LogP contribution in [0.2, 0.25) is 0 Å². The van der Waals surface area contributed by atoms with Crippen LogP contribution in [0.4, 0.5) is 0 Å². The van der Waals surface area contributed by atoms with Gasteiger partial charge in [-0.25, -0.2) is 9.78 Å². The second-order valence-corrected chi connectivity index (χ2v) is 5.82. The molecule has 0 aromatic carbocycles. The fourth-order valence-corrected chi connectivity index (χ4v) is 2.50. The van der Waals surface area contributed by atoms with E-state index in [9.17, 15) is 14.4 Å². The van der Waals surface area contributed by atoms with Gasteiger partial charge in [0.2, 0.25) is 5.91 Å². The lowest BCUT2D eigenvalue weighted by molar-refractivity contribution is -0.145. The fourth-order valence-electron chi connectivity index (χ4n) is 2.50. The van der Waals surface area contributed by atoms with Crippen LogP contribution in [0.1, 0.15) is 11.3 Å². The molecule has 0 radical (unpaired) electrons. The van der Waals surface area contributed by atoms with Gasteiger partial charge in [-0.3, -0.25) is 19.5 Å². The minimum atomic E-state index is -1.06. The predicted octanol–water partition coefficient (Wildman–Crippen LogP) is -0.408. The maximum Gasteiger partial charge on any atom is 0.328 e. The number of H-pyrrole nitrogens is 1.